The van der Waals surface area contributed by atoms with Gasteiger partial charge in [-0.3, -0.25) is 4.79 Å². The number of carbonyl (C=O) groups is 1. The summed E-state index contributed by atoms with van der Waals surface area (Å²) in [6.45, 7) is 1.38. The number of nitrogens with zero attached hydrogens (tertiary/aromatic N) is 2. The van der Waals surface area contributed by atoms with Gasteiger partial charge >= 0.3 is 6.18 Å². The highest BCUT2D eigenvalue weighted by Gasteiger charge is 2.34. The van der Waals surface area contributed by atoms with Crippen LogP contribution in [0.4, 0.5) is 18.9 Å². The largest absolute Gasteiger partial charge is 0.433 e. The zero-order chi connectivity index (χ0) is 18.7. The smallest absolute Gasteiger partial charge is 0.320 e. The molecule has 26 heavy (non-hydrogen) atoms. The molecule has 0 unspecified atom stereocenters. The minimum absolute atomic E-state index is 0.154. The van der Waals surface area contributed by atoms with Crippen LogP contribution in [0.15, 0.2) is 30.5 Å². The van der Waals surface area contributed by atoms with Crippen molar-refractivity contribution in [2.24, 2.45) is 0 Å². The van der Waals surface area contributed by atoms with Crippen molar-refractivity contribution in [3.8, 4) is 0 Å². The predicted octanol–water partition coefficient (Wildman–Crippen LogP) is 3.87. The molecule has 0 saturated carbocycles. The fraction of sp³-hybridized carbons (Fsp3) is 0.353. The summed E-state index contributed by atoms with van der Waals surface area (Å²) in [7, 11) is 0. The summed E-state index contributed by atoms with van der Waals surface area (Å²) in [5.74, 6) is -0.638. The third kappa shape index (κ3) is 4.31. The molecule has 0 radical (unpaired) electrons. The van der Waals surface area contributed by atoms with E-state index in [1.54, 1.807) is 0 Å². The quantitative estimate of drug-likeness (QED) is 0.788. The van der Waals surface area contributed by atoms with Crippen molar-refractivity contribution < 1.29 is 18.0 Å². The molecule has 0 aliphatic carbocycles. The summed E-state index contributed by atoms with van der Waals surface area (Å²) in [5.41, 5.74) is -0.158. The Morgan fingerprint density at radius 1 is 1.23 bits per heavy atom. The van der Waals surface area contributed by atoms with Crippen LogP contribution in [0.3, 0.4) is 0 Å². The van der Waals surface area contributed by atoms with Gasteiger partial charge in [-0.1, -0.05) is 11.6 Å². The lowest BCUT2D eigenvalue weighted by Crippen LogP contribution is -2.28. The summed E-state index contributed by atoms with van der Waals surface area (Å²) in [6.07, 6.45) is -1.85. The first-order valence-electron chi connectivity index (χ1n) is 8.06. The highest BCUT2D eigenvalue weighted by atomic mass is 35.5. The molecule has 1 fully saturated rings. The van der Waals surface area contributed by atoms with Crippen molar-refractivity contribution in [3.63, 3.8) is 0 Å². The second-order valence-corrected chi connectivity index (χ2v) is 6.36. The average Bonchev–Trinajstić information content (AvgIpc) is 2.62. The molecule has 2 aromatic heterocycles. The van der Waals surface area contributed by atoms with Crippen LogP contribution in [0.5, 0.6) is 0 Å². The van der Waals surface area contributed by atoms with E-state index in [9.17, 15) is 18.0 Å². The summed E-state index contributed by atoms with van der Waals surface area (Å²) in [4.78, 5) is 20.0. The van der Waals surface area contributed by atoms with E-state index in [1.807, 2.05) is 0 Å². The molecule has 0 bridgehead atoms. The zero-order valence-electron chi connectivity index (χ0n) is 13.6. The summed E-state index contributed by atoms with van der Waals surface area (Å²) < 4.78 is 39.2. The van der Waals surface area contributed by atoms with Gasteiger partial charge in [-0.05, 0) is 50.2 Å². The number of hydrogen-bond donors (Lipinski definition) is 2. The van der Waals surface area contributed by atoms with E-state index in [1.165, 1.54) is 24.4 Å². The Balaban J connectivity index is 1.93. The molecule has 1 aliphatic rings. The van der Waals surface area contributed by atoms with E-state index < -0.39 is 17.8 Å². The van der Waals surface area contributed by atoms with Crippen molar-refractivity contribution >= 4 is 23.2 Å². The van der Waals surface area contributed by atoms with Crippen LogP contribution < -0.4 is 10.6 Å². The van der Waals surface area contributed by atoms with E-state index in [4.69, 9.17) is 11.6 Å². The van der Waals surface area contributed by atoms with Gasteiger partial charge in [0.2, 0.25) is 0 Å². The fourth-order valence-electron chi connectivity index (χ4n) is 2.88. The third-order valence-electron chi connectivity index (χ3n) is 4.18. The maximum atomic E-state index is 13.1. The third-order valence-corrected chi connectivity index (χ3v) is 4.38. The number of alkyl halides is 3. The van der Waals surface area contributed by atoms with Gasteiger partial charge in [-0.2, -0.15) is 13.2 Å². The van der Waals surface area contributed by atoms with Gasteiger partial charge in [0.1, 0.15) is 10.8 Å². The predicted molar refractivity (Wildman–Crippen MR) is 91.3 cm³/mol. The summed E-state index contributed by atoms with van der Waals surface area (Å²) >= 11 is 5.78. The molecule has 0 aromatic carbocycles. The number of halogens is 4. The first-order chi connectivity index (χ1) is 12.3. The molecule has 138 valence electrons. The van der Waals surface area contributed by atoms with E-state index in [0.29, 0.717) is 25.9 Å². The van der Waals surface area contributed by atoms with Gasteiger partial charge in [-0.25, -0.2) is 9.97 Å². The second-order valence-electron chi connectivity index (χ2n) is 5.97. The van der Waals surface area contributed by atoms with Crippen LogP contribution in [0.25, 0.3) is 0 Å². The number of amides is 1. The highest BCUT2D eigenvalue weighted by molar-refractivity contribution is 6.29. The van der Waals surface area contributed by atoms with Crippen molar-refractivity contribution in [1.82, 2.24) is 15.3 Å². The lowest BCUT2D eigenvalue weighted by molar-refractivity contribution is -0.141. The van der Waals surface area contributed by atoms with Crippen LogP contribution >= 0.6 is 11.6 Å². The van der Waals surface area contributed by atoms with Crippen molar-refractivity contribution in [3.05, 3.63) is 52.6 Å². The normalized spacial score (nSPS) is 15.7. The van der Waals surface area contributed by atoms with E-state index >= 15 is 0 Å². The standard InChI is InChI=1S/C17H16ClF3N4O/c18-14-9-11(5-8-23-14)16(26)24-12-1-2-13(17(19,20)21)25-15(12)10-3-6-22-7-4-10/h1-2,5,8-10,22H,3-4,6-7H2,(H,24,26). The molecule has 3 rings (SSSR count). The Bertz CT molecular complexity index is 807. The summed E-state index contributed by atoms with van der Waals surface area (Å²) in [5, 5.41) is 5.97. The molecule has 1 aliphatic heterocycles. The highest BCUT2D eigenvalue weighted by Crippen LogP contribution is 2.34. The minimum atomic E-state index is -4.54. The number of anilines is 1. The number of nitrogens with one attached hydrogen (secondary N) is 2. The topological polar surface area (TPSA) is 66.9 Å². The molecular formula is C17H16ClF3N4O. The van der Waals surface area contributed by atoms with Crippen LogP contribution in [-0.2, 0) is 6.18 Å². The first kappa shape index (κ1) is 18.6. The lowest BCUT2D eigenvalue weighted by atomic mass is 9.92. The number of carbonyl (C=O) groups excluding carboxylic acids is 1. The molecule has 2 N–H and O–H groups in total. The Morgan fingerprint density at radius 2 is 1.96 bits per heavy atom. The van der Waals surface area contributed by atoms with Gasteiger partial charge < -0.3 is 10.6 Å². The Labute approximate surface area is 153 Å². The Kier molecular flexibility index (Phi) is 5.43. The van der Waals surface area contributed by atoms with E-state index in [0.717, 1.165) is 6.07 Å². The summed E-state index contributed by atoms with van der Waals surface area (Å²) in [6, 6.07) is 5.00. The monoisotopic (exact) mass is 384 g/mol. The lowest BCUT2D eigenvalue weighted by Gasteiger charge is -2.25. The number of pyridine rings is 2. The SMILES string of the molecule is O=C(Nc1ccc(C(F)(F)F)nc1C1CCNCC1)c1ccnc(Cl)c1. The molecule has 0 atom stereocenters. The van der Waals surface area contributed by atoms with E-state index in [-0.39, 0.29) is 28.0 Å². The number of piperidine rings is 1. The van der Waals surface area contributed by atoms with Crippen LogP contribution in [-0.4, -0.2) is 29.0 Å². The maximum absolute atomic E-state index is 13.1. The second kappa shape index (κ2) is 7.59. The van der Waals surface area contributed by atoms with Crippen LogP contribution in [0.1, 0.15) is 40.5 Å². The van der Waals surface area contributed by atoms with Crippen molar-refractivity contribution in [1.29, 1.82) is 0 Å². The van der Waals surface area contributed by atoms with Crippen molar-refractivity contribution in [2.45, 2.75) is 24.9 Å². The van der Waals surface area contributed by atoms with Gasteiger partial charge in [0.15, 0.2) is 0 Å². The average molecular weight is 385 g/mol. The zero-order valence-corrected chi connectivity index (χ0v) is 14.4. The van der Waals surface area contributed by atoms with Gasteiger partial charge in [0, 0.05) is 17.7 Å². The fourth-order valence-corrected chi connectivity index (χ4v) is 3.06. The number of rotatable bonds is 3. The molecule has 1 amide bonds. The van der Waals surface area contributed by atoms with E-state index in [2.05, 4.69) is 20.6 Å². The van der Waals surface area contributed by atoms with Crippen LogP contribution in [0, 0.1) is 0 Å². The first-order valence-corrected chi connectivity index (χ1v) is 8.44. The molecule has 9 heteroatoms. The number of hydrogen-bond acceptors (Lipinski definition) is 4. The molecule has 1 saturated heterocycles. The molecule has 5 nitrogen and oxygen atoms in total. The Morgan fingerprint density at radius 3 is 2.62 bits per heavy atom. The molecule has 2 aromatic rings. The Hall–Kier alpha value is -2.19. The van der Waals surface area contributed by atoms with Gasteiger partial charge in [-0.15, -0.1) is 0 Å². The molecule has 3 heterocycles. The van der Waals surface area contributed by atoms with Gasteiger partial charge in [0.25, 0.3) is 5.91 Å². The molecular weight excluding hydrogens is 369 g/mol. The van der Waals surface area contributed by atoms with Crippen LogP contribution in [0.2, 0.25) is 5.15 Å². The molecule has 0 spiro atoms. The maximum Gasteiger partial charge on any atom is 0.433 e. The van der Waals surface area contributed by atoms with Gasteiger partial charge in [0.05, 0.1) is 11.4 Å². The minimum Gasteiger partial charge on any atom is -0.320 e. The van der Waals surface area contributed by atoms with Crippen molar-refractivity contribution in [2.75, 3.05) is 18.4 Å². The number of aromatic nitrogens is 2.